The van der Waals surface area contributed by atoms with Gasteiger partial charge in [0, 0.05) is 23.2 Å². The Morgan fingerprint density at radius 2 is 1.90 bits per heavy atom. The molecule has 0 radical (unpaired) electrons. The maximum atomic E-state index is 13.1. The standard InChI is InChI=1S/C15H10ClFN2O/c16-12-8-11(3-4-13(12)17)20-15-6-1-9-7-10(18)2-5-14(9)19-15/h1-8H,18H2. The third kappa shape index (κ3) is 2.51. The number of fused-ring (bicyclic) bond motifs is 1. The van der Waals surface area contributed by atoms with Crippen molar-refractivity contribution in [3.05, 3.63) is 59.4 Å². The second-order valence-corrected chi connectivity index (χ2v) is 4.69. The van der Waals surface area contributed by atoms with Crippen LogP contribution in [0.1, 0.15) is 0 Å². The van der Waals surface area contributed by atoms with E-state index in [4.69, 9.17) is 22.1 Å². The highest BCUT2D eigenvalue weighted by Gasteiger charge is 2.05. The summed E-state index contributed by atoms with van der Waals surface area (Å²) in [4.78, 5) is 4.35. The van der Waals surface area contributed by atoms with Crippen molar-refractivity contribution in [2.45, 2.75) is 0 Å². The Morgan fingerprint density at radius 3 is 2.70 bits per heavy atom. The van der Waals surface area contributed by atoms with Crippen LogP contribution in [0.2, 0.25) is 5.02 Å². The summed E-state index contributed by atoms with van der Waals surface area (Å²) in [6.45, 7) is 0. The third-order valence-electron chi connectivity index (χ3n) is 2.80. The molecule has 0 spiro atoms. The van der Waals surface area contributed by atoms with Crippen LogP contribution in [0.4, 0.5) is 10.1 Å². The number of anilines is 1. The monoisotopic (exact) mass is 288 g/mol. The van der Waals surface area contributed by atoms with Gasteiger partial charge in [-0.3, -0.25) is 0 Å². The lowest BCUT2D eigenvalue weighted by molar-refractivity contribution is 0.463. The van der Waals surface area contributed by atoms with Gasteiger partial charge in [0.25, 0.3) is 0 Å². The first kappa shape index (κ1) is 12.7. The van der Waals surface area contributed by atoms with E-state index in [0.717, 1.165) is 10.9 Å². The molecule has 0 fully saturated rings. The number of nitrogens with two attached hydrogens (primary N) is 1. The third-order valence-corrected chi connectivity index (χ3v) is 3.09. The molecule has 2 N–H and O–H groups in total. The normalized spacial score (nSPS) is 10.7. The molecule has 5 heteroatoms. The van der Waals surface area contributed by atoms with Crippen LogP contribution in [0.25, 0.3) is 10.9 Å². The second kappa shape index (κ2) is 4.98. The average molecular weight is 289 g/mol. The maximum absolute atomic E-state index is 13.1. The first-order valence-corrected chi connectivity index (χ1v) is 6.29. The Balaban J connectivity index is 1.94. The maximum Gasteiger partial charge on any atom is 0.219 e. The first-order valence-electron chi connectivity index (χ1n) is 5.91. The summed E-state index contributed by atoms with van der Waals surface area (Å²) in [7, 11) is 0. The van der Waals surface area contributed by atoms with Crippen LogP contribution in [-0.4, -0.2) is 4.98 Å². The van der Waals surface area contributed by atoms with Crippen LogP contribution in [0.5, 0.6) is 11.6 Å². The molecule has 0 saturated heterocycles. The Kier molecular flexibility index (Phi) is 3.16. The average Bonchev–Trinajstić information content (AvgIpc) is 2.43. The zero-order chi connectivity index (χ0) is 14.1. The number of rotatable bonds is 2. The number of hydrogen-bond acceptors (Lipinski definition) is 3. The van der Waals surface area contributed by atoms with Gasteiger partial charge in [0.1, 0.15) is 11.6 Å². The predicted molar refractivity (Wildman–Crippen MR) is 77.6 cm³/mol. The van der Waals surface area contributed by atoms with E-state index < -0.39 is 5.82 Å². The van der Waals surface area contributed by atoms with E-state index in [-0.39, 0.29) is 5.02 Å². The number of nitrogens with zero attached hydrogens (tertiary/aromatic N) is 1. The van der Waals surface area contributed by atoms with E-state index in [1.807, 2.05) is 18.2 Å². The smallest absolute Gasteiger partial charge is 0.219 e. The molecule has 20 heavy (non-hydrogen) atoms. The highest BCUT2D eigenvalue weighted by atomic mass is 35.5. The van der Waals surface area contributed by atoms with Crippen molar-refractivity contribution in [3.63, 3.8) is 0 Å². The van der Waals surface area contributed by atoms with Crippen LogP contribution < -0.4 is 10.5 Å². The highest BCUT2D eigenvalue weighted by Crippen LogP contribution is 2.26. The van der Waals surface area contributed by atoms with Crippen molar-refractivity contribution in [1.82, 2.24) is 4.98 Å². The lowest BCUT2D eigenvalue weighted by Crippen LogP contribution is -1.90. The molecule has 3 rings (SSSR count). The van der Waals surface area contributed by atoms with E-state index in [9.17, 15) is 4.39 Å². The van der Waals surface area contributed by atoms with Gasteiger partial charge in [-0.05, 0) is 36.4 Å². The van der Waals surface area contributed by atoms with Crippen molar-refractivity contribution in [1.29, 1.82) is 0 Å². The van der Waals surface area contributed by atoms with Gasteiger partial charge in [-0.2, -0.15) is 0 Å². The van der Waals surface area contributed by atoms with E-state index in [1.165, 1.54) is 18.2 Å². The molecule has 0 saturated carbocycles. The van der Waals surface area contributed by atoms with Crippen LogP contribution in [0.3, 0.4) is 0 Å². The number of nitrogen functional groups attached to an aromatic ring is 1. The number of pyridine rings is 1. The fourth-order valence-corrected chi connectivity index (χ4v) is 2.01. The van der Waals surface area contributed by atoms with Crippen molar-refractivity contribution in [2.24, 2.45) is 0 Å². The Morgan fingerprint density at radius 1 is 1.05 bits per heavy atom. The van der Waals surface area contributed by atoms with Crippen molar-refractivity contribution in [2.75, 3.05) is 5.73 Å². The summed E-state index contributed by atoms with van der Waals surface area (Å²) in [5.41, 5.74) is 7.15. The quantitative estimate of drug-likeness (QED) is 0.711. The van der Waals surface area contributed by atoms with Crippen LogP contribution in [0.15, 0.2) is 48.5 Å². The molecule has 0 aliphatic rings. The van der Waals surface area contributed by atoms with Gasteiger partial charge in [0.2, 0.25) is 5.88 Å². The van der Waals surface area contributed by atoms with Crippen molar-refractivity contribution >= 4 is 28.2 Å². The lowest BCUT2D eigenvalue weighted by Gasteiger charge is -2.07. The fourth-order valence-electron chi connectivity index (χ4n) is 1.84. The van der Waals surface area contributed by atoms with Gasteiger partial charge < -0.3 is 10.5 Å². The summed E-state index contributed by atoms with van der Waals surface area (Å²) in [5, 5.41) is 0.936. The molecule has 0 aliphatic carbocycles. The Hall–Kier alpha value is -2.33. The predicted octanol–water partition coefficient (Wildman–Crippen LogP) is 4.40. The van der Waals surface area contributed by atoms with E-state index in [2.05, 4.69) is 4.98 Å². The van der Waals surface area contributed by atoms with Crippen molar-refractivity contribution in [3.8, 4) is 11.6 Å². The van der Waals surface area contributed by atoms with E-state index in [1.54, 1.807) is 12.1 Å². The summed E-state index contributed by atoms with van der Waals surface area (Å²) in [6.07, 6.45) is 0. The van der Waals surface area contributed by atoms with Crippen LogP contribution in [0, 0.1) is 5.82 Å². The van der Waals surface area contributed by atoms with E-state index in [0.29, 0.717) is 17.3 Å². The minimum Gasteiger partial charge on any atom is -0.439 e. The van der Waals surface area contributed by atoms with Crippen LogP contribution >= 0.6 is 11.6 Å². The fraction of sp³-hybridized carbons (Fsp3) is 0. The number of halogens is 2. The largest absolute Gasteiger partial charge is 0.439 e. The van der Waals surface area contributed by atoms with Gasteiger partial charge >= 0.3 is 0 Å². The molecule has 0 aliphatic heterocycles. The molecule has 3 nitrogen and oxygen atoms in total. The summed E-state index contributed by atoms with van der Waals surface area (Å²) in [5.74, 6) is 0.351. The van der Waals surface area contributed by atoms with E-state index >= 15 is 0 Å². The first-order chi connectivity index (χ1) is 9.61. The zero-order valence-electron chi connectivity index (χ0n) is 10.3. The Bertz CT molecular complexity index is 792. The van der Waals surface area contributed by atoms with Crippen molar-refractivity contribution < 1.29 is 9.13 Å². The summed E-state index contributed by atoms with van der Waals surface area (Å²) >= 11 is 5.70. The Labute approximate surface area is 119 Å². The van der Waals surface area contributed by atoms with Gasteiger partial charge in [0.05, 0.1) is 10.5 Å². The SMILES string of the molecule is Nc1ccc2nc(Oc3ccc(F)c(Cl)c3)ccc2c1. The molecule has 1 aromatic heterocycles. The van der Waals surface area contributed by atoms with Gasteiger partial charge in [0.15, 0.2) is 0 Å². The molecule has 1 heterocycles. The number of aromatic nitrogens is 1. The lowest BCUT2D eigenvalue weighted by atomic mass is 10.2. The molecule has 0 atom stereocenters. The molecule has 2 aromatic carbocycles. The highest BCUT2D eigenvalue weighted by molar-refractivity contribution is 6.30. The topological polar surface area (TPSA) is 48.1 Å². The minimum absolute atomic E-state index is 0.0102. The van der Waals surface area contributed by atoms with Gasteiger partial charge in [-0.25, -0.2) is 9.37 Å². The zero-order valence-corrected chi connectivity index (χ0v) is 11.1. The van der Waals surface area contributed by atoms with Crippen LogP contribution in [-0.2, 0) is 0 Å². The number of hydrogen-bond donors (Lipinski definition) is 1. The molecule has 100 valence electrons. The molecular weight excluding hydrogens is 279 g/mol. The summed E-state index contributed by atoms with van der Waals surface area (Å²) < 4.78 is 18.6. The minimum atomic E-state index is -0.485. The molecule has 3 aromatic rings. The van der Waals surface area contributed by atoms with Gasteiger partial charge in [-0.15, -0.1) is 0 Å². The second-order valence-electron chi connectivity index (χ2n) is 4.28. The molecule has 0 unspecified atom stereocenters. The van der Waals surface area contributed by atoms with Gasteiger partial charge in [-0.1, -0.05) is 11.6 Å². The molecule has 0 bridgehead atoms. The molecule has 0 amide bonds. The molecular formula is C15H10ClFN2O. The number of ether oxygens (including phenoxy) is 1. The summed E-state index contributed by atoms with van der Waals surface area (Å²) in [6, 6.07) is 13.2. The number of benzene rings is 2.